The van der Waals surface area contributed by atoms with Crippen molar-refractivity contribution in [1.29, 1.82) is 0 Å². The van der Waals surface area contributed by atoms with Crippen molar-refractivity contribution >= 4 is 0 Å². The fraction of sp³-hybridized carbons (Fsp3) is 0.688. The average Bonchev–Trinajstić information content (AvgIpc) is 2.46. The lowest BCUT2D eigenvalue weighted by molar-refractivity contribution is 0.204. The number of ether oxygens (including phenoxy) is 1. The molecule has 1 N–H and O–H groups in total. The topological polar surface area (TPSA) is 37.4 Å². The normalized spacial score (nSPS) is 17.6. The number of likely N-dealkylation sites (tertiary alicyclic amines) is 1. The molecule has 20 heavy (non-hydrogen) atoms. The first-order valence-corrected chi connectivity index (χ1v) is 7.75. The van der Waals surface area contributed by atoms with Gasteiger partial charge in [0.15, 0.2) is 0 Å². The van der Waals surface area contributed by atoms with Gasteiger partial charge < -0.3 is 15.0 Å². The van der Waals surface area contributed by atoms with E-state index in [9.17, 15) is 0 Å². The third-order valence-electron chi connectivity index (χ3n) is 3.81. The molecular weight excluding hydrogens is 250 g/mol. The van der Waals surface area contributed by atoms with Crippen LogP contribution >= 0.6 is 0 Å². The van der Waals surface area contributed by atoms with Crippen LogP contribution in [0.15, 0.2) is 18.3 Å². The lowest BCUT2D eigenvalue weighted by atomic mass is 10.0. The summed E-state index contributed by atoms with van der Waals surface area (Å²) in [6.45, 7) is 10.7. The lowest BCUT2D eigenvalue weighted by Crippen LogP contribution is -2.42. The van der Waals surface area contributed by atoms with Crippen LogP contribution in [0.25, 0.3) is 0 Å². The highest BCUT2D eigenvalue weighted by atomic mass is 16.5. The molecule has 0 radical (unpaired) electrons. The number of pyridine rings is 1. The average molecular weight is 277 g/mol. The molecule has 2 heterocycles. The molecule has 0 aliphatic carbocycles. The number of piperidine rings is 1. The van der Waals surface area contributed by atoms with Crippen LogP contribution in [-0.4, -0.2) is 41.7 Å². The molecule has 0 spiro atoms. The molecule has 0 bridgehead atoms. The van der Waals surface area contributed by atoms with E-state index in [-0.39, 0.29) is 6.10 Å². The minimum atomic E-state index is 0.163. The Labute approximate surface area is 122 Å². The van der Waals surface area contributed by atoms with E-state index in [0.717, 1.165) is 18.0 Å². The zero-order valence-corrected chi connectivity index (χ0v) is 12.9. The number of nitrogens with one attached hydrogen (secondary N) is 1. The van der Waals surface area contributed by atoms with Gasteiger partial charge in [-0.25, -0.2) is 4.98 Å². The zero-order valence-electron chi connectivity index (χ0n) is 12.9. The highest BCUT2D eigenvalue weighted by molar-refractivity contribution is 5.25. The molecular formula is C16H27N3O. The van der Waals surface area contributed by atoms with Crippen LogP contribution in [0.5, 0.6) is 5.88 Å². The second-order valence-electron chi connectivity index (χ2n) is 5.72. The van der Waals surface area contributed by atoms with Crippen molar-refractivity contribution < 1.29 is 4.74 Å². The van der Waals surface area contributed by atoms with E-state index in [2.05, 4.69) is 28.2 Å². The summed E-state index contributed by atoms with van der Waals surface area (Å²) in [4.78, 5) is 6.85. The van der Waals surface area contributed by atoms with Gasteiger partial charge in [0, 0.05) is 24.3 Å². The van der Waals surface area contributed by atoms with Crippen molar-refractivity contribution in [3.05, 3.63) is 23.9 Å². The van der Waals surface area contributed by atoms with Gasteiger partial charge in [0.25, 0.3) is 0 Å². The summed E-state index contributed by atoms with van der Waals surface area (Å²) in [5.74, 6) is 0.765. The molecule has 4 heteroatoms. The van der Waals surface area contributed by atoms with Crippen molar-refractivity contribution in [1.82, 2.24) is 15.2 Å². The Kier molecular flexibility index (Phi) is 5.80. The number of hydrogen-bond acceptors (Lipinski definition) is 4. The lowest BCUT2D eigenvalue weighted by Gasteiger charge is -2.31. The van der Waals surface area contributed by atoms with E-state index < -0.39 is 0 Å². The van der Waals surface area contributed by atoms with Crippen LogP contribution in [-0.2, 0) is 6.54 Å². The minimum Gasteiger partial charge on any atom is -0.475 e. The molecule has 1 aliphatic heterocycles. The van der Waals surface area contributed by atoms with Gasteiger partial charge >= 0.3 is 0 Å². The summed E-state index contributed by atoms with van der Waals surface area (Å²) in [5, 5.41) is 3.65. The second-order valence-corrected chi connectivity index (χ2v) is 5.72. The summed E-state index contributed by atoms with van der Waals surface area (Å²) in [7, 11) is 0. The van der Waals surface area contributed by atoms with E-state index in [1.54, 1.807) is 6.20 Å². The summed E-state index contributed by atoms with van der Waals surface area (Å²) in [5.41, 5.74) is 1.15. The fourth-order valence-electron chi connectivity index (χ4n) is 2.60. The zero-order chi connectivity index (χ0) is 14.4. The molecule has 0 aromatic carbocycles. The largest absolute Gasteiger partial charge is 0.475 e. The van der Waals surface area contributed by atoms with Crippen LogP contribution < -0.4 is 10.1 Å². The second kappa shape index (κ2) is 7.60. The van der Waals surface area contributed by atoms with Gasteiger partial charge in [-0.15, -0.1) is 0 Å². The first-order chi connectivity index (χ1) is 9.69. The Morgan fingerprint density at radius 1 is 1.40 bits per heavy atom. The van der Waals surface area contributed by atoms with E-state index >= 15 is 0 Å². The number of nitrogens with zero attached hydrogens (tertiary/aromatic N) is 2. The Hall–Kier alpha value is -1.13. The molecule has 0 amide bonds. The monoisotopic (exact) mass is 277 g/mol. The Morgan fingerprint density at radius 2 is 2.15 bits per heavy atom. The van der Waals surface area contributed by atoms with Crippen LogP contribution in [0.1, 0.15) is 39.2 Å². The number of hydrogen-bond donors (Lipinski definition) is 1. The van der Waals surface area contributed by atoms with Gasteiger partial charge in [-0.1, -0.05) is 13.0 Å². The number of rotatable bonds is 6. The fourth-order valence-corrected chi connectivity index (χ4v) is 2.60. The highest BCUT2D eigenvalue weighted by Gasteiger charge is 2.18. The van der Waals surface area contributed by atoms with Gasteiger partial charge in [-0.05, 0) is 52.4 Å². The standard InChI is InChI=1S/C16H27N3O/c1-4-19-10-7-15(8-11-19)18-12-14-6-5-9-17-16(14)20-13(2)3/h5-6,9,13,15,18H,4,7-8,10-12H2,1-3H3. The Morgan fingerprint density at radius 3 is 2.80 bits per heavy atom. The maximum Gasteiger partial charge on any atom is 0.218 e. The first-order valence-electron chi connectivity index (χ1n) is 7.75. The molecule has 0 atom stereocenters. The molecule has 2 rings (SSSR count). The molecule has 0 saturated carbocycles. The Balaban J connectivity index is 1.85. The van der Waals surface area contributed by atoms with E-state index in [0.29, 0.717) is 6.04 Å². The van der Waals surface area contributed by atoms with Crippen molar-refractivity contribution in [3.8, 4) is 5.88 Å². The third kappa shape index (κ3) is 4.46. The Bertz CT molecular complexity index is 400. The summed E-state index contributed by atoms with van der Waals surface area (Å²) in [6, 6.07) is 4.69. The van der Waals surface area contributed by atoms with Gasteiger partial charge in [0.1, 0.15) is 0 Å². The van der Waals surface area contributed by atoms with E-state index in [1.807, 2.05) is 19.9 Å². The summed E-state index contributed by atoms with van der Waals surface area (Å²) >= 11 is 0. The van der Waals surface area contributed by atoms with Crippen molar-refractivity contribution in [2.75, 3.05) is 19.6 Å². The summed E-state index contributed by atoms with van der Waals surface area (Å²) < 4.78 is 5.76. The maximum absolute atomic E-state index is 5.76. The third-order valence-corrected chi connectivity index (χ3v) is 3.81. The van der Waals surface area contributed by atoms with Crippen LogP contribution in [0.2, 0.25) is 0 Å². The SMILES string of the molecule is CCN1CCC(NCc2cccnc2OC(C)C)CC1. The molecule has 112 valence electrons. The minimum absolute atomic E-state index is 0.163. The molecule has 1 aromatic heterocycles. The van der Waals surface area contributed by atoms with Crippen molar-refractivity contribution in [2.24, 2.45) is 0 Å². The van der Waals surface area contributed by atoms with Crippen LogP contribution in [0.4, 0.5) is 0 Å². The van der Waals surface area contributed by atoms with E-state index in [1.165, 1.54) is 32.5 Å². The molecule has 0 unspecified atom stereocenters. The predicted molar refractivity (Wildman–Crippen MR) is 82.0 cm³/mol. The molecule has 4 nitrogen and oxygen atoms in total. The molecule has 1 saturated heterocycles. The maximum atomic E-state index is 5.76. The number of aromatic nitrogens is 1. The van der Waals surface area contributed by atoms with Crippen molar-refractivity contribution in [2.45, 2.75) is 52.3 Å². The van der Waals surface area contributed by atoms with Crippen LogP contribution in [0.3, 0.4) is 0 Å². The summed E-state index contributed by atoms with van der Waals surface area (Å²) in [6.07, 6.45) is 4.42. The van der Waals surface area contributed by atoms with Gasteiger partial charge in [-0.2, -0.15) is 0 Å². The van der Waals surface area contributed by atoms with Gasteiger partial charge in [-0.3, -0.25) is 0 Å². The first kappa shape index (κ1) is 15.3. The van der Waals surface area contributed by atoms with Crippen molar-refractivity contribution in [3.63, 3.8) is 0 Å². The van der Waals surface area contributed by atoms with Crippen LogP contribution in [0, 0.1) is 0 Å². The quantitative estimate of drug-likeness (QED) is 0.866. The van der Waals surface area contributed by atoms with E-state index in [4.69, 9.17) is 4.74 Å². The highest BCUT2D eigenvalue weighted by Crippen LogP contribution is 2.17. The molecule has 1 aliphatic rings. The van der Waals surface area contributed by atoms with Gasteiger partial charge in [0.05, 0.1) is 6.10 Å². The molecule has 1 fully saturated rings. The predicted octanol–water partition coefficient (Wildman–Crippen LogP) is 2.44. The van der Waals surface area contributed by atoms with Gasteiger partial charge in [0.2, 0.25) is 5.88 Å². The smallest absolute Gasteiger partial charge is 0.218 e. The molecule has 1 aromatic rings.